The fraction of sp³-hybridized carbons (Fsp3) is 0.533. The number of carboxylic acids is 1. The number of ether oxygens (including phenoxy) is 2. The van der Waals surface area contributed by atoms with Gasteiger partial charge in [0.15, 0.2) is 0 Å². The normalized spacial score (nSPS) is 12.2. The van der Waals surface area contributed by atoms with Crippen LogP contribution in [0.3, 0.4) is 0 Å². The zero-order valence-corrected chi connectivity index (χ0v) is 12.5. The van der Waals surface area contributed by atoms with E-state index < -0.39 is 12.0 Å². The molecule has 0 saturated carbocycles. The van der Waals surface area contributed by atoms with Gasteiger partial charge in [-0.25, -0.2) is 0 Å². The van der Waals surface area contributed by atoms with Crippen molar-refractivity contribution in [2.24, 2.45) is 5.92 Å². The Morgan fingerprint density at radius 3 is 2.15 bits per heavy atom. The molecule has 112 valence electrons. The molecule has 0 aliphatic rings. The lowest BCUT2D eigenvalue weighted by molar-refractivity contribution is -0.140. The summed E-state index contributed by atoms with van der Waals surface area (Å²) in [7, 11) is 3.18. The monoisotopic (exact) mass is 281 g/mol. The van der Waals surface area contributed by atoms with Gasteiger partial charge < -0.3 is 19.9 Å². The molecule has 0 aliphatic heterocycles. The van der Waals surface area contributed by atoms with E-state index in [9.17, 15) is 9.90 Å². The predicted octanol–water partition coefficient (Wildman–Crippen LogP) is 2.29. The van der Waals surface area contributed by atoms with Crippen LogP contribution in [0.15, 0.2) is 18.2 Å². The zero-order valence-electron chi connectivity index (χ0n) is 12.5. The number of nitrogens with one attached hydrogen (secondary N) is 1. The van der Waals surface area contributed by atoms with Gasteiger partial charge in [0.25, 0.3) is 0 Å². The van der Waals surface area contributed by atoms with E-state index >= 15 is 0 Å². The summed E-state index contributed by atoms with van der Waals surface area (Å²) in [6, 6.07) is 4.96. The van der Waals surface area contributed by atoms with Gasteiger partial charge in [0.2, 0.25) is 0 Å². The molecule has 1 aromatic rings. The van der Waals surface area contributed by atoms with Gasteiger partial charge in [0, 0.05) is 12.6 Å². The zero-order chi connectivity index (χ0) is 15.1. The molecule has 1 atom stereocenters. The van der Waals surface area contributed by atoms with Crippen molar-refractivity contribution in [1.82, 2.24) is 5.32 Å². The second-order valence-electron chi connectivity index (χ2n) is 5.12. The third-order valence-electron chi connectivity index (χ3n) is 2.97. The topological polar surface area (TPSA) is 67.8 Å². The molecule has 5 heteroatoms. The fourth-order valence-electron chi connectivity index (χ4n) is 1.95. The van der Waals surface area contributed by atoms with E-state index in [1.165, 1.54) is 0 Å². The molecule has 0 saturated heterocycles. The third-order valence-corrected chi connectivity index (χ3v) is 2.97. The second-order valence-corrected chi connectivity index (χ2v) is 5.12. The summed E-state index contributed by atoms with van der Waals surface area (Å²) in [6.07, 6.45) is 0.594. The molecule has 0 spiro atoms. The number of carbonyl (C=O) groups is 1. The first-order chi connectivity index (χ1) is 9.46. The average molecular weight is 281 g/mol. The number of carboxylic acid groups (broad SMARTS) is 1. The predicted molar refractivity (Wildman–Crippen MR) is 77.3 cm³/mol. The van der Waals surface area contributed by atoms with E-state index in [0.29, 0.717) is 30.4 Å². The van der Waals surface area contributed by atoms with Gasteiger partial charge in [-0.05, 0) is 30.0 Å². The maximum atomic E-state index is 11.2. The molecule has 0 heterocycles. The van der Waals surface area contributed by atoms with Crippen LogP contribution in [0, 0.1) is 5.92 Å². The first kappa shape index (κ1) is 16.3. The van der Waals surface area contributed by atoms with Crippen LogP contribution in [0.5, 0.6) is 11.5 Å². The van der Waals surface area contributed by atoms with Crippen molar-refractivity contribution in [1.29, 1.82) is 0 Å². The van der Waals surface area contributed by atoms with E-state index in [0.717, 1.165) is 5.56 Å². The summed E-state index contributed by atoms with van der Waals surface area (Å²) in [5.41, 5.74) is 0.927. The van der Waals surface area contributed by atoms with Crippen molar-refractivity contribution < 1.29 is 19.4 Å². The first-order valence-electron chi connectivity index (χ1n) is 6.64. The molecule has 0 aromatic heterocycles. The minimum absolute atomic E-state index is 0.323. The lowest BCUT2D eigenvalue weighted by Crippen LogP contribution is -2.37. The van der Waals surface area contributed by atoms with Crippen molar-refractivity contribution in [2.75, 3.05) is 14.2 Å². The Morgan fingerprint density at radius 2 is 1.75 bits per heavy atom. The highest BCUT2D eigenvalue weighted by Gasteiger charge is 2.18. The van der Waals surface area contributed by atoms with Crippen LogP contribution in [0.25, 0.3) is 0 Å². The largest absolute Gasteiger partial charge is 0.497 e. The van der Waals surface area contributed by atoms with Crippen LogP contribution in [0.1, 0.15) is 25.8 Å². The van der Waals surface area contributed by atoms with Gasteiger partial charge in [-0.1, -0.05) is 13.8 Å². The highest BCUT2D eigenvalue weighted by Crippen LogP contribution is 2.22. The van der Waals surface area contributed by atoms with Crippen molar-refractivity contribution >= 4 is 5.97 Å². The van der Waals surface area contributed by atoms with Gasteiger partial charge in [0.05, 0.1) is 14.2 Å². The number of aliphatic carboxylic acids is 1. The molecule has 0 bridgehead atoms. The van der Waals surface area contributed by atoms with Crippen LogP contribution < -0.4 is 14.8 Å². The van der Waals surface area contributed by atoms with Crippen LogP contribution in [-0.2, 0) is 11.3 Å². The molecule has 0 radical (unpaired) electrons. The van der Waals surface area contributed by atoms with Gasteiger partial charge in [-0.2, -0.15) is 0 Å². The number of methoxy groups -OCH3 is 2. The van der Waals surface area contributed by atoms with Crippen LogP contribution in [-0.4, -0.2) is 31.3 Å². The highest BCUT2D eigenvalue weighted by molar-refractivity contribution is 5.73. The lowest BCUT2D eigenvalue weighted by atomic mass is 10.0. The number of hydrogen-bond acceptors (Lipinski definition) is 4. The van der Waals surface area contributed by atoms with Gasteiger partial charge >= 0.3 is 5.97 Å². The Hall–Kier alpha value is -1.75. The Morgan fingerprint density at radius 1 is 1.20 bits per heavy atom. The number of benzene rings is 1. The summed E-state index contributed by atoms with van der Waals surface area (Å²) in [5, 5.41) is 12.2. The molecule has 1 aromatic carbocycles. The van der Waals surface area contributed by atoms with E-state index in [1.807, 2.05) is 26.0 Å². The summed E-state index contributed by atoms with van der Waals surface area (Å²) in [6.45, 7) is 4.47. The van der Waals surface area contributed by atoms with Crippen LogP contribution >= 0.6 is 0 Å². The first-order valence-corrected chi connectivity index (χ1v) is 6.64. The van der Waals surface area contributed by atoms with E-state index in [-0.39, 0.29) is 0 Å². The van der Waals surface area contributed by atoms with Crippen molar-refractivity contribution in [3.05, 3.63) is 23.8 Å². The molecule has 1 rings (SSSR count). The molecule has 0 fully saturated rings. The molecule has 0 aliphatic carbocycles. The van der Waals surface area contributed by atoms with Gasteiger partial charge in [0.1, 0.15) is 17.5 Å². The summed E-state index contributed by atoms with van der Waals surface area (Å²) < 4.78 is 10.4. The minimum atomic E-state index is -0.825. The third kappa shape index (κ3) is 5.09. The number of hydrogen-bond donors (Lipinski definition) is 2. The van der Waals surface area contributed by atoms with Gasteiger partial charge in [-0.15, -0.1) is 0 Å². The smallest absolute Gasteiger partial charge is 0.320 e. The van der Waals surface area contributed by atoms with Crippen molar-refractivity contribution in [3.63, 3.8) is 0 Å². The SMILES string of the molecule is COc1cc(CN[C@@H](CC(C)C)C(=O)O)cc(OC)c1. The summed E-state index contributed by atoms with van der Waals surface area (Å²) >= 11 is 0. The fourth-order valence-corrected chi connectivity index (χ4v) is 1.95. The molecule has 0 amide bonds. The van der Waals surface area contributed by atoms with Gasteiger partial charge in [-0.3, -0.25) is 4.79 Å². The van der Waals surface area contributed by atoms with Crippen LogP contribution in [0.2, 0.25) is 0 Å². The Balaban J connectivity index is 2.74. The quantitative estimate of drug-likeness (QED) is 0.765. The number of rotatable bonds is 8. The minimum Gasteiger partial charge on any atom is -0.497 e. The average Bonchev–Trinajstić information content (AvgIpc) is 2.42. The maximum Gasteiger partial charge on any atom is 0.320 e. The lowest BCUT2D eigenvalue weighted by Gasteiger charge is -2.17. The molecule has 5 nitrogen and oxygen atoms in total. The van der Waals surface area contributed by atoms with E-state index in [4.69, 9.17) is 9.47 Å². The second kappa shape index (κ2) is 7.75. The van der Waals surface area contributed by atoms with Crippen molar-refractivity contribution in [3.8, 4) is 11.5 Å². The Labute approximate surface area is 119 Å². The summed E-state index contributed by atoms with van der Waals surface area (Å²) in [5.74, 6) is 0.880. The Bertz CT molecular complexity index is 423. The van der Waals surface area contributed by atoms with E-state index in [1.54, 1.807) is 20.3 Å². The molecule has 0 unspecified atom stereocenters. The maximum absolute atomic E-state index is 11.2. The summed E-state index contributed by atoms with van der Waals surface area (Å²) in [4.78, 5) is 11.2. The molecular formula is C15H23NO4. The molecule has 2 N–H and O–H groups in total. The standard InChI is InChI=1S/C15H23NO4/c1-10(2)5-14(15(17)18)16-9-11-6-12(19-3)8-13(7-11)20-4/h6-8,10,14,16H,5,9H2,1-4H3,(H,17,18)/t14-/m0/s1. The molecular weight excluding hydrogens is 258 g/mol. The molecule has 20 heavy (non-hydrogen) atoms. The van der Waals surface area contributed by atoms with E-state index in [2.05, 4.69) is 5.32 Å². The highest BCUT2D eigenvalue weighted by atomic mass is 16.5. The van der Waals surface area contributed by atoms with Crippen molar-refractivity contribution in [2.45, 2.75) is 32.9 Å². The van der Waals surface area contributed by atoms with Crippen LogP contribution in [0.4, 0.5) is 0 Å². The Kier molecular flexibility index (Phi) is 6.31.